The molecule has 1 saturated heterocycles. The van der Waals surface area contributed by atoms with Crippen LogP contribution in [0.3, 0.4) is 0 Å². The zero-order valence-electron chi connectivity index (χ0n) is 9.69. The van der Waals surface area contributed by atoms with Crippen molar-refractivity contribution < 1.29 is 9.90 Å². The number of halogens is 1. The highest BCUT2D eigenvalue weighted by Gasteiger charge is 2.15. The summed E-state index contributed by atoms with van der Waals surface area (Å²) in [5, 5.41) is 15.5. The highest BCUT2D eigenvalue weighted by atomic mass is 35.5. The third kappa shape index (κ3) is 3.45. The fraction of sp³-hybridized carbons (Fsp3) is 0.333. The SMILES string of the molecule is O=C(O)C=Cc1cnc(N[C@@H]2CCNC2)c(Cl)c1. The summed E-state index contributed by atoms with van der Waals surface area (Å²) in [7, 11) is 0. The molecule has 0 amide bonds. The predicted octanol–water partition coefficient (Wildman–Crippen LogP) is 1.61. The van der Waals surface area contributed by atoms with Gasteiger partial charge in [-0.05, 0) is 30.7 Å². The molecular formula is C12H14ClN3O2. The van der Waals surface area contributed by atoms with Crippen molar-refractivity contribution in [2.24, 2.45) is 0 Å². The van der Waals surface area contributed by atoms with E-state index in [-0.39, 0.29) is 0 Å². The Hall–Kier alpha value is -1.59. The molecule has 1 aromatic heterocycles. The van der Waals surface area contributed by atoms with Crippen LogP contribution in [0.4, 0.5) is 5.82 Å². The van der Waals surface area contributed by atoms with Crippen molar-refractivity contribution in [3.05, 3.63) is 28.9 Å². The second-order valence-corrected chi connectivity index (χ2v) is 4.51. The number of nitrogens with zero attached hydrogens (tertiary/aromatic N) is 1. The largest absolute Gasteiger partial charge is 0.478 e. The van der Waals surface area contributed by atoms with E-state index in [1.807, 2.05) is 0 Å². The molecule has 2 heterocycles. The summed E-state index contributed by atoms with van der Waals surface area (Å²) in [6.45, 7) is 1.90. The molecule has 5 nitrogen and oxygen atoms in total. The minimum atomic E-state index is -0.995. The third-order valence-electron chi connectivity index (χ3n) is 2.68. The first-order valence-electron chi connectivity index (χ1n) is 5.69. The first-order valence-corrected chi connectivity index (χ1v) is 6.07. The van der Waals surface area contributed by atoms with Gasteiger partial charge in [-0.3, -0.25) is 0 Å². The molecule has 0 saturated carbocycles. The van der Waals surface area contributed by atoms with E-state index in [2.05, 4.69) is 15.6 Å². The molecule has 0 aromatic carbocycles. The lowest BCUT2D eigenvalue weighted by atomic mass is 10.2. The Morgan fingerprint density at radius 1 is 1.67 bits per heavy atom. The second kappa shape index (κ2) is 5.84. The van der Waals surface area contributed by atoms with Crippen LogP contribution in [0.15, 0.2) is 18.3 Å². The molecular weight excluding hydrogens is 254 g/mol. The number of aliphatic carboxylic acids is 1. The number of nitrogens with one attached hydrogen (secondary N) is 2. The van der Waals surface area contributed by atoms with Gasteiger partial charge in [0.25, 0.3) is 0 Å². The minimum Gasteiger partial charge on any atom is -0.478 e. The van der Waals surface area contributed by atoms with Crippen molar-refractivity contribution in [1.29, 1.82) is 0 Å². The van der Waals surface area contributed by atoms with Crippen molar-refractivity contribution in [2.45, 2.75) is 12.5 Å². The van der Waals surface area contributed by atoms with Crippen molar-refractivity contribution in [2.75, 3.05) is 18.4 Å². The topological polar surface area (TPSA) is 74.2 Å². The fourth-order valence-corrected chi connectivity index (χ4v) is 2.02. The Bertz CT molecular complexity index is 470. The molecule has 1 aromatic rings. The number of hydrogen-bond acceptors (Lipinski definition) is 4. The average molecular weight is 268 g/mol. The van der Waals surface area contributed by atoms with Gasteiger partial charge >= 0.3 is 5.97 Å². The van der Waals surface area contributed by atoms with Crippen LogP contribution < -0.4 is 10.6 Å². The number of pyridine rings is 1. The van der Waals surface area contributed by atoms with Gasteiger partial charge < -0.3 is 15.7 Å². The van der Waals surface area contributed by atoms with E-state index < -0.39 is 5.97 Å². The van der Waals surface area contributed by atoms with Gasteiger partial charge in [0.15, 0.2) is 0 Å². The first-order chi connectivity index (χ1) is 8.65. The van der Waals surface area contributed by atoms with E-state index in [0.717, 1.165) is 25.6 Å². The Balaban J connectivity index is 2.06. The van der Waals surface area contributed by atoms with Crippen LogP contribution in [0.2, 0.25) is 5.02 Å². The molecule has 1 aliphatic heterocycles. The van der Waals surface area contributed by atoms with Crippen molar-refractivity contribution in [3.8, 4) is 0 Å². The quantitative estimate of drug-likeness (QED) is 0.723. The summed E-state index contributed by atoms with van der Waals surface area (Å²) in [5.41, 5.74) is 0.664. The van der Waals surface area contributed by atoms with E-state index in [1.165, 1.54) is 6.08 Å². The second-order valence-electron chi connectivity index (χ2n) is 4.10. The molecule has 0 radical (unpaired) electrons. The molecule has 0 spiro atoms. The van der Waals surface area contributed by atoms with E-state index in [9.17, 15) is 4.79 Å². The molecule has 1 fully saturated rings. The van der Waals surface area contributed by atoms with Gasteiger partial charge in [0.2, 0.25) is 0 Å². The third-order valence-corrected chi connectivity index (χ3v) is 2.97. The molecule has 6 heteroatoms. The maximum absolute atomic E-state index is 10.4. The summed E-state index contributed by atoms with van der Waals surface area (Å²) in [6.07, 6.45) is 5.15. The summed E-state index contributed by atoms with van der Waals surface area (Å²) in [5.74, 6) is -0.358. The summed E-state index contributed by atoms with van der Waals surface area (Å²) in [4.78, 5) is 14.6. The van der Waals surface area contributed by atoms with E-state index in [1.54, 1.807) is 12.3 Å². The number of hydrogen-bond donors (Lipinski definition) is 3. The molecule has 96 valence electrons. The molecule has 18 heavy (non-hydrogen) atoms. The smallest absolute Gasteiger partial charge is 0.328 e. The predicted molar refractivity (Wildman–Crippen MR) is 70.8 cm³/mol. The van der Waals surface area contributed by atoms with Gasteiger partial charge in [0.05, 0.1) is 5.02 Å². The highest BCUT2D eigenvalue weighted by Crippen LogP contribution is 2.22. The lowest BCUT2D eigenvalue weighted by molar-refractivity contribution is -0.131. The van der Waals surface area contributed by atoms with Crippen molar-refractivity contribution in [3.63, 3.8) is 0 Å². The normalized spacial score (nSPS) is 19.3. The number of anilines is 1. The van der Waals surface area contributed by atoms with Gasteiger partial charge in [-0.15, -0.1) is 0 Å². The Morgan fingerprint density at radius 2 is 2.50 bits per heavy atom. The van der Waals surface area contributed by atoms with Gasteiger partial charge in [0, 0.05) is 24.9 Å². The zero-order chi connectivity index (χ0) is 13.0. The van der Waals surface area contributed by atoms with Gasteiger partial charge in [-0.25, -0.2) is 9.78 Å². The summed E-state index contributed by atoms with van der Waals surface area (Å²) in [6, 6.07) is 2.04. The average Bonchev–Trinajstić information content (AvgIpc) is 2.82. The van der Waals surface area contributed by atoms with Crippen LogP contribution in [-0.4, -0.2) is 35.2 Å². The molecule has 1 aliphatic rings. The molecule has 1 atom stereocenters. The minimum absolute atomic E-state index is 0.343. The lowest BCUT2D eigenvalue weighted by Gasteiger charge is -2.13. The molecule has 0 bridgehead atoms. The monoisotopic (exact) mass is 267 g/mol. The first kappa shape index (κ1) is 12.9. The maximum atomic E-state index is 10.4. The van der Waals surface area contributed by atoms with Crippen LogP contribution in [0, 0.1) is 0 Å². The summed E-state index contributed by atoms with van der Waals surface area (Å²) < 4.78 is 0. The Kier molecular flexibility index (Phi) is 4.17. The standard InChI is InChI=1S/C12H14ClN3O2/c13-10-5-8(1-2-11(17)18)6-15-12(10)16-9-3-4-14-7-9/h1-2,5-6,9,14H,3-4,7H2,(H,15,16)(H,17,18)/t9-/m1/s1. The van der Waals surface area contributed by atoms with Crippen LogP contribution in [0.5, 0.6) is 0 Å². The van der Waals surface area contributed by atoms with E-state index in [0.29, 0.717) is 22.4 Å². The van der Waals surface area contributed by atoms with Crippen LogP contribution >= 0.6 is 11.6 Å². The van der Waals surface area contributed by atoms with Crippen molar-refractivity contribution in [1.82, 2.24) is 10.3 Å². The zero-order valence-corrected chi connectivity index (χ0v) is 10.4. The Morgan fingerprint density at radius 3 is 3.11 bits per heavy atom. The number of carboxylic acids is 1. The van der Waals surface area contributed by atoms with Crippen molar-refractivity contribution >= 4 is 29.5 Å². The van der Waals surface area contributed by atoms with E-state index >= 15 is 0 Å². The fourth-order valence-electron chi connectivity index (χ4n) is 1.79. The number of carbonyl (C=O) groups is 1. The van der Waals surface area contributed by atoms with Crippen LogP contribution in [-0.2, 0) is 4.79 Å². The van der Waals surface area contributed by atoms with Gasteiger partial charge in [-0.2, -0.15) is 0 Å². The maximum Gasteiger partial charge on any atom is 0.328 e. The number of aromatic nitrogens is 1. The summed E-state index contributed by atoms with van der Waals surface area (Å²) >= 11 is 6.10. The molecule has 2 rings (SSSR count). The lowest BCUT2D eigenvalue weighted by Crippen LogP contribution is -2.22. The number of carboxylic acid groups (broad SMARTS) is 1. The van der Waals surface area contributed by atoms with Gasteiger partial charge in [-0.1, -0.05) is 11.6 Å². The number of rotatable bonds is 4. The van der Waals surface area contributed by atoms with Gasteiger partial charge in [0.1, 0.15) is 5.82 Å². The highest BCUT2D eigenvalue weighted by molar-refractivity contribution is 6.33. The Labute approximate surface area is 110 Å². The van der Waals surface area contributed by atoms with Crippen LogP contribution in [0.1, 0.15) is 12.0 Å². The van der Waals surface area contributed by atoms with E-state index in [4.69, 9.17) is 16.7 Å². The van der Waals surface area contributed by atoms with Crippen LogP contribution in [0.25, 0.3) is 6.08 Å². The molecule has 0 aliphatic carbocycles. The molecule has 0 unspecified atom stereocenters. The molecule has 3 N–H and O–H groups in total.